The highest BCUT2D eigenvalue weighted by atomic mass is 35.5. The fourth-order valence-corrected chi connectivity index (χ4v) is 3.38. The summed E-state index contributed by atoms with van der Waals surface area (Å²) in [6, 6.07) is 19.8. The quantitative estimate of drug-likeness (QED) is 0.687. The molecule has 1 unspecified atom stereocenters. The largest absolute Gasteiger partial charge is 0.460 e. The monoisotopic (exact) mass is 395 g/mol. The number of hydrogen-bond acceptors (Lipinski definition) is 3. The lowest BCUT2D eigenvalue weighted by Crippen LogP contribution is -2.41. The van der Waals surface area contributed by atoms with Crippen molar-refractivity contribution in [2.75, 3.05) is 19.6 Å². The van der Waals surface area contributed by atoms with Crippen molar-refractivity contribution in [1.82, 2.24) is 4.90 Å². The summed E-state index contributed by atoms with van der Waals surface area (Å²) in [5.41, 5.74) is 1.97. The molecule has 1 saturated heterocycles. The van der Waals surface area contributed by atoms with Gasteiger partial charge in [0.25, 0.3) is 0 Å². The molecule has 0 radical (unpaired) electrons. The molecule has 1 fully saturated rings. The summed E-state index contributed by atoms with van der Waals surface area (Å²) in [7, 11) is 0. The normalized spacial score (nSPS) is 17.1. The molecule has 0 aliphatic carbocycles. The Morgan fingerprint density at radius 1 is 1.04 bits per heavy atom. The van der Waals surface area contributed by atoms with Crippen LogP contribution < -0.4 is 0 Å². The molecule has 26 heavy (non-hydrogen) atoms. The van der Waals surface area contributed by atoms with Gasteiger partial charge in [0.05, 0.1) is 0 Å². The van der Waals surface area contributed by atoms with E-state index in [1.54, 1.807) is 0 Å². The first-order valence-electron chi connectivity index (χ1n) is 8.80. The highest BCUT2D eigenvalue weighted by molar-refractivity contribution is 5.85. The Labute approximate surface area is 168 Å². The van der Waals surface area contributed by atoms with E-state index < -0.39 is 0 Å². The molecule has 142 valence electrons. The third-order valence-corrected chi connectivity index (χ3v) is 4.69. The van der Waals surface area contributed by atoms with E-state index in [9.17, 15) is 4.79 Å². The summed E-state index contributed by atoms with van der Waals surface area (Å²) >= 11 is 0. The van der Waals surface area contributed by atoms with Gasteiger partial charge >= 0.3 is 5.97 Å². The maximum Gasteiger partial charge on any atom is 0.318 e. The lowest BCUT2D eigenvalue weighted by atomic mass is 9.91. The molecule has 0 saturated carbocycles. The third-order valence-electron chi connectivity index (χ3n) is 4.69. The average Bonchev–Trinajstić information content (AvgIpc) is 2.64. The predicted octanol–water partition coefficient (Wildman–Crippen LogP) is 4.69. The van der Waals surface area contributed by atoms with Crippen molar-refractivity contribution in [3.05, 3.63) is 71.8 Å². The van der Waals surface area contributed by atoms with E-state index in [4.69, 9.17) is 4.74 Å². The number of nitrogens with zero attached hydrogens (tertiary/aromatic N) is 1. The Morgan fingerprint density at radius 3 is 2.08 bits per heavy atom. The number of esters is 1. The molecular weight excluding hydrogens is 369 g/mol. The van der Waals surface area contributed by atoms with Crippen molar-refractivity contribution in [1.29, 1.82) is 0 Å². The van der Waals surface area contributed by atoms with Crippen LogP contribution in [0.25, 0.3) is 0 Å². The Balaban J connectivity index is 0.00000169. The number of hydrogen-bond donors (Lipinski definition) is 0. The van der Waals surface area contributed by atoms with Gasteiger partial charge in [-0.3, -0.25) is 9.69 Å². The van der Waals surface area contributed by atoms with Gasteiger partial charge in [0.1, 0.15) is 12.0 Å². The van der Waals surface area contributed by atoms with Crippen LogP contribution >= 0.6 is 24.8 Å². The Kier molecular flexibility index (Phi) is 9.71. The van der Waals surface area contributed by atoms with Crippen LogP contribution in [0.1, 0.15) is 36.8 Å². The summed E-state index contributed by atoms with van der Waals surface area (Å²) < 4.78 is 5.91. The summed E-state index contributed by atoms with van der Waals surface area (Å²) in [5, 5.41) is 0. The van der Waals surface area contributed by atoms with Gasteiger partial charge in [-0.2, -0.15) is 0 Å². The molecule has 1 aliphatic rings. The molecule has 1 atom stereocenters. The zero-order valence-corrected chi connectivity index (χ0v) is 16.7. The van der Waals surface area contributed by atoms with Gasteiger partial charge in [0, 0.05) is 6.54 Å². The number of halogens is 2. The van der Waals surface area contributed by atoms with E-state index >= 15 is 0 Å². The van der Waals surface area contributed by atoms with Gasteiger partial charge in [-0.05, 0) is 37.1 Å². The number of ether oxygens (including phenoxy) is 1. The van der Waals surface area contributed by atoms with Crippen LogP contribution in [0.15, 0.2) is 60.7 Å². The molecule has 5 heteroatoms. The standard InChI is InChI=1S/C21H25NO2.2ClH/c1-2-22-15-9-14-19(16-22)24-21(23)20(17-10-5-3-6-11-17)18-12-7-4-8-13-18;;/h3-8,10-13,19-20H,2,9,14-16H2,1H3;2*1H. The Morgan fingerprint density at radius 2 is 1.58 bits per heavy atom. The van der Waals surface area contributed by atoms with Crippen LogP contribution in [-0.2, 0) is 9.53 Å². The molecule has 0 N–H and O–H groups in total. The highest BCUT2D eigenvalue weighted by Gasteiger charge is 2.28. The zero-order chi connectivity index (χ0) is 16.8. The molecular formula is C21H27Cl2NO2. The second-order valence-corrected chi connectivity index (χ2v) is 6.35. The molecule has 3 nitrogen and oxygen atoms in total. The fraction of sp³-hybridized carbons (Fsp3) is 0.381. The van der Waals surface area contributed by atoms with Gasteiger partial charge in [-0.15, -0.1) is 24.8 Å². The minimum absolute atomic E-state index is 0. The van der Waals surface area contributed by atoms with Crippen molar-refractivity contribution < 1.29 is 9.53 Å². The van der Waals surface area contributed by atoms with Crippen LogP contribution in [0.4, 0.5) is 0 Å². The topological polar surface area (TPSA) is 29.5 Å². The predicted molar refractivity (Wildman–Crippen MR) is 110 cm³/mol. The van der Waals surface area contributed by atoms with Crippen molar-refractivity contribution in [3.63, 3.8) is 0 Å². The molecule has 3 rings (SSSR count). The van der Waals surface area contributed by atoms with E-state index in [0.29, 0.717) is 0 Å². The Bertz CT molecular complexity index is 612. The summed E-state index contributed by atoms with van der Waals surface area (Å²) in [6.07, 6.45) is 2.05. The first kappa shape index (κ1) is 22.5. The first-order chi connectivity index (χ1) is 11.8. The van der Waals surface area contributed by atoms with Gasteiger partial charge in [0.15, 0.2) is 0 Å². The van der Waals surface area contributed by atoms with Crippen LogP contribution in [0.3, 0.4) is 0 Å². The number of benzene rings is 2. The van der Waals surface area contributed by atoms with Gasteiger partial charge < -0.3 is 4.74 Å². The molecule has 1 aliphatic heterocycles. The molecule has 2 aromatic carbocycles. The minimum atomic E-state index is -0.357. The van der Waals surface area contributed by atoms with Crippen LogP contribution in [0.2, 0.25) is 0 Å². The molecule has 0 amide bonds. The molecule has 0 bridgehead atoms. The van der Waals surface area contributed by atoms with Crippen molar-refractivity contribution >= 4 is 30.8 Å². The van der Waals surface area contributed by atoms with Gasteiger partial charge in [-0.25, -0.2) is 0 Å². The van der Waals surface area contributed by atoms with Gasteiger partial charge in [-0.1, -0.05) is 67.6 Å². The van der Waals surface area contributed by atoms with Crippen molar-refractivity contribution in [3.8, 4) is 0 Å². The number of carbonyl (C=O) groups excluding carboxylic acids is 1. The highest BCUT2D eigenvalue weighted by Crippen LogP contribution is 2.27. The smallest absolute Gasteiger partial charge is 0.318 e. The van der Waals surface area contributed by atoms with E-state index in [-0.39, 0.29) is 42.8 Å². The lowest BCUT2D eigenvalue weighted by molar-refractivity contribution is -0.152. The lowest BCUT2D eigenvalue weighted by Gasteiger charge is -2.32. The van der Waals surface area contributed by atoms with Crippen molar-refractivity contribution in [2.24, 2.45) is 0 Å². The van der Waals surface area contributed by atoms with Crippen LogP contribution in [-0.4, -0.2) is 36.6 Å². The fourth-order valence-electron chi connectivity index (χ4n) is 3.38. The summed E-state index contributed by atoms with van der Waals surface area (Å²) in [5.74, 6) is -0.500. The minimum Gasteiger partial charge on any atom is -0.460 e. The number of carbonyl (C=O) groups is 1. The SMILES string of the molecule is CCN1CCCC(OC(=O)C(c2ccccc2)c2ccccc2)C1.Cl.Cl. The molecule has 0 aromatic heterocycles. The van der Waals surface area contributed by atoms with E-state index in [1.807, 2.05) is 60.7 Å². The number of rotatable bonds is 5. The van der Waals surface area contributed by atoms with Crippen LogP contribution in [0, 0.1) is 0 Å². The second-order valence-electron chi connectivity index (χ2n) is 6.35. The number of likely N-dealkylation sites (N-methyl/N-ethyl adjacent to an activating group) is 1. The first-order valence-corrected chi connectivity index (χ1v) is 8.80. The van der Waals surface area contributed by atoms with E-state index in [0.717, 1.165) is 43.6 Å². The summed E-state index contributed by atoms with van der Waals surface area (Å²) in [4.78, 5) is 15.3. The van der Waals surface area contributed by atoms with Crippen molar-refractivity contribution in [2.45, 2.75) is 31.8 Å². The second kappa shape index (κ2) is 11.2. The van der Waals surface area contributed by atoms with Gasteiger partial charge in [0.2, 0.25) is 0 Å². The maximum atomic E-state index is 13.0. The Hall–Kier alpha value is -1.55. The average molecular weight is 396 g/mol. The van der Waals surface area contributed by atoms with Crippen LogP contribution in [0.5, 0.6) is 0 Å². The maximum absolute atomic E-state index is 13.0. The molecule has 0 spiro atoms. The zero-order valence-electron chi connectivity index (χ0n) is 15.0. The molecule has 1 heterocycles. The number of likely N-dealkylation sites (tertiary alicyclic amines) is 1. The van der Waals surface area contributed by atoms with E-state index in [1.165, 1.54) is 0 Å². The summed E-state index contributed by atoms with van der Waals surface area (Å²) in [6.45, 7) is 5.11. The molecule has 2 aromatic rings. The van der Waals surface area contributed by atoms with E-state index in [2.05, 4.69) is 11.8 Å². The number of piperidine rings is 1. The third kappa shape index (κ3) is 5.73.